The molecule has 4 heteroatoms. The maximum atomic E-state index is 11.6. The van der Waals surface area contributed by atoms with E-state index in [0.717, 1.165) is 6.42 Å². The van der Waals surface area contributed by atoms with E-state index in [0.29, 0.717) is 45.6 Å². The molecule has 1 amide bonds. The van der Waals surface area contributed by atoms with Crippen LogP contribution < -0.4 is 0 Å². The monoisotopic (exact) mass is 213 g/mol. The molecular weight excluding hydrogens is 194 g/mol. The summed E-state index contributed by atoms with van der Waals surface area (Å²) in [5.74, 6) is 0.426. The second kappa shape index (κ2) is 6.56. The van der Waals surface area contributed by atoms with Crippen LogP contribution in [0.1, 0.15) is 32.6 Å². The molecule has 1 rings (SSSR count). The standard InChI is InChI=1S/C11H19NO3/c1-2-15-9-3-4-11(14)12-7-5-10(13)6-8-12/h2-9H2,1H3. The van der Waals surface area contributed by atoms with Crippen LogP contribution in [0.2, 0.25) is 0 Å². The lowest BCUT2D eigenvalue weighted by Crippen LogP contribution is -2.38. The molecule has 0 aliphatic carbocycles. The van der Waals surface area contributed by atoms with Gasteiger partial charge in [-0.3, -0.25) is 9.59 Å². The lowest BCUT2D eigenvalue weighted by Gasteiger charge is -2.26. The minimum absolute atomic E-state index is 0.155. The SMILES string of the molecule is CCOCCCC(=O)N1CCC(=O)CC1. The molecule has 0 N–H and O–H groups in total. The molecule has 0 aromatic carbocycles. The molecular formula is C11H19NO3. The Morgan fingerprint density at radius 2 is 2.07 bits per heavy atom. The minimum Gasteiger partial charge on any atom is -0.382 e. The van der Waals surface area contributed by atoms with Crippen molar-refractivity contribution in [1.29, 1.82) is 0 Å². The molecule has 1 saturated heterocycles. The molecule has 1 aliphatic heterocycles. The highest BCUT2D eigenvalue weighted by molar-refractivity contribution is 5.83. The third-order valence-electron chi connectivity index (χ3n) is 2.56. The number of piperidine rings is 1. The van der Waals surface area contributed by atoms with Gasteiger partial charge in [-0.25, -0.2) is 0 Å². The van der Waals surface area contributed by atoms with Gasteiger partial charge in [-0.15, -0.1) is 0 Å². The van der Waals surface area contributed by atoms with Gasteiger partial charge in [-0.2, -0.15) is 0 Å². The third-order valence-corrected chi connectivity index (χ3v) is 2.56. The molecule has 15 heavy (non-hydrogen) atoms. The molecule has 1 aliphatic rings. The van der Waals surface area contributed by atoms with Crippen LogP contribution in [0.4, 0.5) is 0 Å². The van der Waals surface area contributed by atoms with Crippen LogP contribution >= 0.6 is 0 Å². The second-order valence-electron chi connectivity index (χ2n) is 3.72. The maximum absolute atomic E-state index is 11.6. The lowest BCUT2D eigenvalue weighted by atomic mass is 10.1. The zero-order chi connectivity index (χ0) is 11.1. The third kappa shape index (κ3) is 4.42. The maximum Gasteiger partial charge on any atom is 0.222 e. The summed E-state index contributed by atoms with van der Waals surface area (Å²) in [5.41, 5.74) is 0. The van der Waals surface area contributed by atoms with Gasteiger partial charge >= 0.3 is 0 Å². The quantitative estimate of drug-likeness (QED) is 0.640. The number of carbonyl (C=O) groups excluding carboxylic acids is 2. The van der Waals surface area contributed by atoms with E-state index in [2.05, 4.69) is 0 Å². The van der Waals surface area contributed by atoms with Gasteiger partial charge in [0.05, 0.1) is 0 Å². The van der Waals surface area contributed by atoms with E-state index in [4.69, 9.17) is 4.74 Å². The van der Waals surface area contributed by atoms with Gasteiger partial charge in [0.2, 0.25) is 5.91 Å². The molecule has 86 valence electrons. The molecule has 0 aromatic rings. The van der Waals surface area contributed by atoms with Crippen molar-refractivity contribution >= 4 is 11.7 Å². The normalized spacial score (nSPS) is 16.9. The number of hydrogen-bond donors (Lipinski definition) is 0. The molecule has 0 radical (unpaired) electrons. The van der Waals surface area contributed by atoms with E-state index >= 15 is 0 Å². The molecule has 4 nitrogen and oxygen atoms in total. The number of rotatable bonds is 5. The van der Waals surface area contributed by atoms with Crippen LogP contribution in [0.3, 0.4) is 0 Å². The Labute approximate surface area is 90.6 Å². The van der Waals surface area contributed by atoms with Crippen molar-refractivity contribution in [2.45, 2.75) is 32.6 Å². The van der Waals surface area contributed by atoms with Crippen molar-refractivity contribution in [3.63, 3.8) is 0 Å². The van der Waals surface area contributed by atoms with E-state index in [9.17, 15) is 9.59 Å². The highest BCUT2D eigenvalue weighted by atomic mass is 16.5. The molecule has 0 aromatic heterocycles. The number of carbonyl (C=O) groups is 2. The van der Waals surface area contributed by atoms with E-state index in [1.165, 1.54) is 0 Å². The largest absolute Gasteiger partial charge is 0.382 e. The summed E-state index contributed by atoms with van der Waals surface area (Å²) < 4.78 is 5.16. The zero-order valence-corrected chi connectivity index (χ0v) is 9.33. The van der Waals surface area contributed by atoms with Crippen molar-refractivity contribution in [3.8, 4) is 0 Å². The van der Waals surface area contributed by atoms with E-state index in [1.807, 2.05) is 6.92 Å². The lowest BCUT2D eigenvalue weighted by molar-refractivity contribution is -0.134. The Kier molecular flexibility index (Phi) is 5.32. The van der Waals surface area contributed by atoms with Crippen LogP contribution in [-0.4, -0.2) is 42.9 Å². The number of nitrogens with zero attached hydrogens (tertiary/aromatic N) is 1. The molecule has 1 heterocycles. The Morgan fingerprint density at radius 3 is 2.67 bits per heavy atom. The first-order valence-electron chi connectivity index (χ1n) is 5.61. The van der Waals surface area contributed by atoms with Crippen LogP contribution in [0.15, 0.2) is 0 Å². The fourth-order valence-electron chi connectivity index (χ4n) is 1.63. The summed E-state index contributed by atoms with van der Waals surface area (Å²) in [7, 11) is 0. The Hall–Kier alpha value is -0.900. The highest BCUT2D eigenvalue weighted by Crippen LogP contribution is 2.08. The predicted octanol–water partition coefficient (Wildman–Crippen LogP) is 0.995. The van der Waals surface area contributed by atoms with Gasteiger partial charge < -0.3 is 9.64 Å². The number of Topliss-reactive ketones (excluding diaryl/α,β-unsaturated/α-hetero) is 1. The topological polar surface area (TPSA) is 46.6 Å². The van der Waals surface area contributed by atoms with Crippen molar-refractivity contribution in [1.82, 2.24) is 4.90 Å². The average Bonchev–Trinajstić information content (AvgIpc) is 2.25. The van der Waals surface area contributed by atoms with Gasteiger partial charge in [-0.05, 0) is 13.3 Å². The predicted molar refractivity (Wildman–Crippen MR) is 56.5 cm³/mol. The van der Waals surface area contributed by atoms with Gasteiger partial charge in [0, 0.05) is 45.6 Å². The Morgan fingerprint density at radius 1 is 1.40 bits per heavy atom. The van der Waals surface area contributed by atoms with Crippen molar-refractivity contribution in [2.75, 3.05) is 26.3 Å². The summed E-state index contributed by atoms with van der Waals surface area (Å²) in [6.07, 6.45) is 2.36. The van der Waals surface area contributed by atoms with Crippen molar-refractivity contribution in [3.05, 3.63) is 0 Å². The van der Waals surface area contributed by atoms with Crippen LogP contribution in [0.25, 0.3) is 0 Å². The smallest absolute Gasteiger partial charge is 0.222 e. The minimum atomic E-state index is 0.155. The fourth-order valence-corrected chi connectivity index (χ4v) is 1.63. The average molecular weight is 213 g/mol. The van der Waals surface area contributed by atoms with Crippen molar-refractivity contribution in [2.24, 2.45) is 0 Å². The number of ketones is 1. The summed E-state index contributed by atoms with van der Waals surface area (Å²) >= 11 is 0. The summed E-state index contributed by atoms with van der Waals surface area (Å²) in [5, 5.41) is 0. The Balaban J connectivity index is 2.14. The number of amides is 1. The first-order valence-corrected chi connectivity index (χ1v) is 5.61. The highest BCUT2D eigenvalue weighted by Gasteiger charge is 2.19. The van der Waals surface area contributed by atoms with Gasteiger partial charge in [0.15, 0.2) is 0 Å². The molecule has 0 saturated carbocycles. The van der Waals surface area contributed by atoms with Gasteiger partial charge in [-0.1, -0.05) is 0 Å². The number of hydrogen-bond acceptors (Lipinski definition) is 3. The fraction of sp³-hybridized carbons (Fsp3) is 0.818. The number of likely N-dealkylation sites (tertiary alicyclic amines) is 1. The van der Waals surface area contributed by atoms with Gasteiger partial charge in [0.1, 0.15) is 5.78 Å². The Bertz CT molecular complexity index is 218. The van der Waals surface area contributed by atoms with Crippen LogP contribution in [0.5, 0.6) is 0 Å². The molecule has 0 atom stereocenters. The van der Waals surface area contributed by atoms with E-state index in [-0.39, 0.29) is 11.7 Å². The van der Waals surface area contributed by atoms with Gasteiger partial charge in [0.25, 0.3) is 0 Å². The summed E-state index contributed by atoms with van der Waals surface area (Å²) in [6.45, 7) is 4.50. The first kappa shape index (κ1) is 12.2. The molecule has 0 spiro atoms. The van der Waals surface area contributed by atoms with E-state index in [1.54, 1.807) is 4.90 Å². The first-order chi connectivity index (χ1) is 7.24. The van der Waals surface area contributed by atoms with Crippen LogP contribution in [0, 0.1) is 0 Å². The summed E-state index contributed by atoms with van der Waals surface area (Å²) in [6, 6.07) is 0. The summed E-state index contributed by atoms with van der Waals surface area (Å²) in [4.78, 5) is 24.4. The molecule has 0 bridgehead atoms. The number of ether oxygens (including phenoxy) is 1. The zero-order valence-electron chi connectivity index (χ0n) is 9.33. The van der Waals surface area contributed by atoms with Crippen molar-refractivity contribution < 1.29 is 14.3 Å². The van der Waals surface area contributed by atoms with Crippen LogP contribution in [-0.2, 0) is 14.3 Å². The van der Waals surface area contributed by atoms with E-state index < -0.39 is 0 Å². The molecule has 0 unspecified atom stereocenters. The molecule has 1 fully saturated rings. The second-order valence-corrected chi connectivity index (χ2v) is 3.72.